The maximum atomic E-state index is 13.8. The number of hydrogen-bond donors (Lipinski definition) is 1. The minimum absolute atomic E-state index is 0.0247. The molecule has 0 spiro atoms. The molecule has 1 amide bonds. The van der Waals surface area contributed by atoms with Gasteiger partial charge in [0.25, 0.3) is 6.01 Å². The minimum Gasteiger partial charge on any atom is -0.465 e. The zero-order valence-corrected chi connectivity index (χ0v) is 16.6. The molecule has 3 aromatic rings. The second-order valence-electron chi connectivity index (χ2n) is 7.50. The van der Waals surface area contributed by atoms with Crippen LogP contribution in [0.2, 0.25) is 0 Å². The Kier molecular flexibility index (Phi) is 4.43. The molecular formula is C19H15F3N4O4S. The number of benzene rings is 1. The summed E-state index contributed by atoms with van der Waals surface area (Å²) >= 11 is 1.20. The summed E-state index contributed by atoms with van der Waals surface area (Å²) < 4.78 is 47.3. The van der Waals surface area contributed by atoms with Crippen LogP contribution >= 0.6 is 11.3 Å². The van der Waals surface area contributed by atoms with Gasteiger partial charge in [-0.3, -0.25) is 9.69 Å². The first-order valence-electron chi connectivity index (χ1n) is 9.44. The Balaban J connectivity index is 1.66. The van der Waals surface area contributed by atoms with Gasteiger partial charge in [-0.2, -0.15) is 18.2 Å². The number of alkyl halides is 3. The molecule has 162 valence electrons. The molecule has 2 aromatic heterocycles. The van der Waals surface area contributed by atoms with E-state index in [1.807, 2.05) is 0 Å². The summed E-state index contributed by atoms with van der Waals surface area (Å²) in [5.74, 6) is 0. The number of carboxylic acid groups (broad SMARTS) is 1. The Labute approximate surface area is 176 Å². The Morgan fingerprint density at radius 3 is 2.55 bits per heavy atom. The first-order chi connectivity index (χ1) is 14.8. The number of amides is 1. The van der Waals surface area contributed by atoms with Crippen LogP contribution in [0.3, 0.4) is 0 Å². The Morgan fingerprint density at radius 2 is 2.00 bits per heavy atom. The van der Waals surface area contributed by atoms with Gasteiger partial charge in [-0.05, 0) is 18.9 Å². The van der Waals surface area contributed by atoms with E-state index in [1.165, 1.54) is 22.4 Å². The average molecular weight is 452 g/mol. The third-order valence-electron chi connectivity index (χ3n) is 5.73. The van der Waals surface area contributed by atoms with E-state index >= 15 is 0 Å². The van der Waals surface area contributed by atoms with Gasteiger partial charge in [-0.1, -0.05) is 0 Å². The number of hydrogen-bond acceptors (Lipinski definition) is 7. The fourth-order valence-electron chi connectivity index (χ4n) is 4.50. The number of carbonyl (C=O) groups is 2. The zero-order valence-electron chi connectivity index (χ0n) is 15.8. The zero-order chi connectivity index (χ0) is 21.9. The number of nitrogens with zero attached hydrogens (tertiary/aromatic N) is 4. The lowest BCUT2D eigenvalue weighted by atomic mass is 10.0. The highest BCUT2D eigenvalue weighted by atomic mass is 32.1. The molecule has 4 heterocycles. The highest BCUT2D eigenvalue weighted by Gasteiger charge is 2.44. The maximum Gasteiger partial charge on any atom is 0.419 e. The molecule has 8 nitrogen and oxygen atoms in total. The van der Waals surface area contributed by atoms with Crippen molar-refractivity contribution >= 4 is 40.8 Å². The number of piperazine rings is 1. The monoisotopic (exact) mass is 452 g/mol. The molecule has 2 unspecified atom stereocenters. The Hall–Kier alpha value is -3.15. The van der Waals surface area contributed by atoms with Crippen LogP contribution in [0, 0.1) is 0 Å². The van der Waals surface area contributed by atoms with Crippen LogP contribution in [-0.4, -0.2) is 57.5 Å². The third kappa shape index (κ3) is 3.12. The summed E-state index contributed by atoms with van der Waals surface area (Å²) in [6.07, 6.45) is -2.83. The lowest BCUT2D eigenvalue weighted by molar-refractivity contribution is -0.136. The van der Waals surface area contributed by atoms with Crippen molar-refractivity contribution in [2.45, 2.75) is 31.1 Å². The molecule has 2 atom stereocenters. The molecule has 0 radical (unpaired) electrons. The topological polar surface area (TPSA) is 99.8 Å². The van der Waals surface area contributed by atoms with Crippen LogP contribution in [0.5, 0.6) is 0 Å². The van der Waals surface area contributed by atoms with E-state index in [-0.39, 0.29) is 48.6 Å². The van der Waals surface area contributed by atoms with Gasteiger partial charge in [0.15, 0.2) is 11.9 Å². The van der Waals surface area contributed by atoms with Crippen LogP contribution in [0.25, 0.3) is 21.7 Å². The van der Waals surface area contributed by atoms with Crippen LogP contribution in [0.15, 0.2) is 22.1 Å². The molecule has 0 aliphatic carbocycles. The molecule has 2 aliphatic heterocycles. The first kappa shape index (κ1) is 19.8. The second kappa shape index (κ2) is 6.94. The number of thiazole rings is 1. The Bertz CT molecular complexity index is 1160. The lowest BCUT2D eigenvalue weighted by Gasteiger charge is -2.38. The molecule has 0 saturated carbocycles. The van der Waals surface area contributed by atoms with Crippen molar-refractivity contribution in [2.24, 2.45) is 0 Å². The number of rotatable bonds is 3. The smallest absolute Gasteiger partial charge is 0.419 e. The van der Waals surface area contributed by atoms with Crippen molar-refractivity contribution in [3.63, 3.8) is 0 Å². The maximum absolute atomic E-state index is 13.8. The normalized spacial score (nSPS) is 21.1. The van der Waals surface area contributed by atoms with Gasteiger partial charge in [-0.25, -0.2) is 9.78 Å². The van der Waals surface area contributed by atoms with Crippen LogP contribution in [0.1, 0.15) is 28.8 Å². The van der Waals surface area contributed by atoms with Gasteiger partial charge in [0.05, 0.1) is 23.2 Å². The van der Waals surface area contributed by atoms with Crippen LogP contribution < -0.4 is 4.90 Å². The van der Waals surface area contributed by atoms with E-state index < -0.39 is 28.9 Å². The number of halogens is 3. The van der Waals surface area contributed by atoms with Gasteiger partial charge >= 0.3 is 12.3 Å². The van der Waals surface area contributed by atoms with Crippen molar-refractivity contribution in [3.05, 3.63) is 28.8 Å². The summed E-state index contributed by atoms with van der Waals surface area (Å²) in [6.45, 7) is 0.536. The highest BCUT2D eigenvalue weighted by molar-refractivity contribution is 7.13. The minimum atomic E-state index is -4.81. The standard InChI is InChI=1S/C19H15F3N4O4S/c20-19(21,22)13-9(8-27)5-12(16-23-3-4-31-16)15-14(13)24-17(30-15)25-6-10-1-2-11(7-25)26(10)18(28)29/h3-5,8,10-11H,1-2,6-7H2,(H,28,29). The number of anilines is 1. The molecular weight excluding hydrogens is 437 g/mol. The Morgan fingerprint density at radius 1 is 1.29 bits per heavy atom. The van der Waals surface area contributed by atoms with Crippen LogP contribution in [0.4, 0.5) is 24.0 Å². The van der Waals surface area contributed by atoms with Gasteiger partial charge in [0, 0.05) is 30.2 Å². The van der Waals surface area contributed by atoms with Crippen molar-refractivity contribution in [2.75, 3.05) is 18.0 Å². The highest BCUT2D eigenvalue weighted by Crippen LogP contribution is 2.43. The number of oxazole rings is 1. The van der Waals surface area contributed by atoms with E-state index in [0.29, 0.717) is 17.8 Å². The number of fused-ring (bicyclic) bond motifs is 3. The number of aromatic nitrogens is 2. The SMILES string of the molecule is O=Cc1cc(-c2nccs2)c2oc(N3CC4CCC(C3)N4C(=O)O)nc2c1C(F)(F)F. The van der Waals surface area contributed by atoms with Crippen molar-refractivity contribution in [1.29, 1.82) is 0 Å². The number of aldehydes is 1. The van der Waals surface area contributed by atoms with Crippen molar-refractivity contribution in [3.8, 4) is 10.6 Å². The second-order valence-corrected chi connectivity index (χ2v) is 8.39. The van der Waals surface area contributed by atoms with Crippen molar-refractivity contribution < 1.29 is 32.3 Å². The average Bonchev–Trinajstić information content (AvgIpc) is 3.43. The predicted octanol–water partition coefficient (Wildman–Crippen LogP) is 4.11. The van der Waals surface area contributed by atoms with E-state index in [2.05, 4.69) is 9.97 Å². The molecule has 5 rings (SSSR count). The third-order valence-corrected chi connectivity index (χ3v) is 6.54. The molecule has 2 bridgehead atoms. The molecule has 2 aliphatic rings. The summed E-state index contributed by atoms with van der Waals surface area (Å²) in [6, 6.07) is 0.538. The van der Waals surface area contributed by atoms with Gasteiger partial charge in [0.2, 0.25) is 0 Å². The van der Waals surface area contributed by atoms with Crippen molar-refractivity contribution in [1.82, 2.24) is 14.9 Å². The predicted molar refractivity (Wildman–Crippen MR) is 104 cm³/mol. The molecule has 1 N–H and O–H groups in total. The number of carbonyl (C=O) groups excluding carboxylic acids is 1. The summed E-state index contributed by atoms with van der Waals surface area (Å²) in [4.78, 5) is 34.3. The molecule has 2 saturated heterocycles. The lowest BCUT2D eigenvalue weighted by Crippen LogP contribution is -2.55. The fraction of sp³-hybridized carbons (Fsp3) is 0.368. The van der Waals surface area contributed by atoms with Gasteiger partial charge < -0.3 is 14.4 Å². The van der Waals surface area contributed by atoms with E-state index in [9.17, 15) is 27.9 Å². The van der Waals surface area contributed by atoms with Gasteiger partial charge in [0.1, 0.15) is 10.5 Å². The quantitative estimate of drug-likeness (QED) is 0.597. The summed E-state index contributed by atoms with van der Waals surface area (Å²) in [7, 11) is 0. The van der Waals surface area contributed by atoms with Crippen LogP contribution in [-0.2, 0) is 6.18 Å². The largest absolute Gasteiger partial charge is 0.465 e. The molecule has 12 heteroatoms. The van der Waals surface area contributed by atoms with Gasteiger partial charge in [-0.15, -0.1) is 11.3 Å². The fourth-order valence-corrected chi connectivity index (χ4v) is 5.15. The van der Waals surface area contributed by atoms with E-state index in [1.54, 1.807) is 10.3 Å². The van der Waals surface area contributed by atoms with E-state index in [0.717, 1.165) is 6.07 Å². The first-order valence-corrected chi connectivity index (χ1v) is 10.3. The summed E-state index contributed by atoms with van der Waals surface area (Å²) in [5.41, 5.74) is -1.99. The molecule has 2 fully saturated rings. The molecule has 1 aromatic carbocycles. The molecule has 31 heavy (non-hydrogen) atoms. The summed E-state index contributed by atoms with van der Waals surface area (Å²) in [5, 5.41) is 11.5. The van der Waals surface area contributed by atoms with E-state index in [4.69, 9.17) is 4.42 Å².